The predicted molar refractivity (Wildman–Crippen MR) is 110 cm³/mol. The number of aryl methyl sites for hydroxylation is 2. The van der Waals surface area contributed by atoms with Crippen molar-refractivity contribution in [2.45, 2.75) is 31.0 Å². The zero-order chi connectivity index (χ0) is 23.0. The lowest BCUT2D eigenvalue weighted by Crippen LogP contribution is -2.22. The lowest BCUT2D eigenvalue weighted by atomic mass is 10.2. The number of carbonyl (C=O) groups is 1. The Bertz CT molecular complexity index is 1230. The Kier molecular flexibility index (Phi) is 6.10. The van der Waals surface area contributed by atoms with Gasteiger partial charge in [0.05, 0.1) is 15.9 Å². The third-order valence-electron chi connectivity index (χ3n) is 4.73. The summed E-state index contributed by atoms with van der Waals surface area (Å²) in [7, 11) is -1.18. The number of aromatic nitrogens is 2. The number of halogens is 3. The van der Waals surface area contributed by atoms with Crippen LogP contribution in [-0.4, -0.2) is 42.3 Å². The van der Waals surface area contributed by atoms with Crippen LogP contribution < -0.4 is 5.32 Å². The first-order valence-corrected chi connectivity index (χ1v) is 10.7. The van der Waals surface area contributed by atoms with Crippen LogP contribution >= 0.6 is 0 Å². The molecule has 0 aliphatic heterocycles. The van der Waals surface area contributed by atoms with E-state index in [0.717, 1.165) is 20.5 Å². The van der Waals surface area contributed by atoms with Crippen LogP contribution in [0, 0.1) is 6.92 Å². The molecule has 0 fully saturated rings. The molecular formula is C20H21F3N4O3S. The number of nitrogens with zero attached hydrogens (tertiary/aromatic N) is 3. The Morgan fingerprint density at radius 1 is 1.16 bits per heavy atom. The van der Waals surface area contributed by atoms with Gasteiger partial charge in [0.15, 0.2) is 0 Å². The highest BCUT2D eigenvalue weighted by atomic mass is 32.2. The molecule has 0 saturated heterocycles. The standard InChI is InChI=1S/C20H21F3N4O3S/c1-13-6-4-5-7-15(13)24-18(28)10-11-27-17-9-8-14(31(29,30)26(2)3)12-16(17)25-19(27)20(21,22)23/h4-9,12H,10-11H2,1-3H3,(H,24,28). The van der Waals surface area contributed by atoms with E-state index in [2.05, 4.69) is 10.3 Å². The molecule has 1 heterocycles. The Morgan fingerprint density at radius 3 is 2.45 bits per heavy atom. The van der Waals surface area contributed by atoms with Gasteiger partial charge in [0.1, 0.15) is 0 Å². The number of nitrogens with one attached hydrogen (secondary N) is 1. The summed E-state index contributed by atoms with van der Waals surface area (Å²) < 4.78 is 67.1. The molecule has 166 valence electrons. The Hall–Kier alpha value is -2.92. The molecule has 3 aromatic rings. The van der Waals surface area contributed by atoms with Crippen LogP contribution in [0.3, 0.4) is 0 Å². The van der Waals surface area contributed by atoms with Gasteiger partial charge in [0.25, 0.3) is 0 Å². The van der Waals surface area contributed by atoms with Crippen molar-refractivity contribution in [1.29, 1.82) is 0 Å². The van der Waals surface area contributed by atoms with Crippen LogP contribution in [0.2, 0.25) is 0 Å². The van der Waals surface area contributed by atoms with E-state index >= 15 is 0 Å². The van der Waals surface area contributed by atoms with Gasteiger partial charge in [-0.05, 0) is 36.8 Å². The highest BCUT2D eigenvalue weighted by Gasteiger charge is 2.38. The summed E-state index contributed by atoms with van der Waals surface area (Å²) in [4.78, 5) is 15.8. The van der Waals surface area contributed by atoms with E-state index in [4.69, 9.17) is 0 Å². The molecule has 0 saturated carbocycles. The van der Waals surface area contributed by atoms with Crippen molar-refractivity contribution in [2.75, 3.05) is 19.4 Å². The zero-order valence-electron chi connectivity index (χ0n) is 17.1. The SMILES string of the molecule is Cc1ccccc1NC(=O)CCn1c(C(F)(F)F)nc2cc(S(=O)(=O)N(C)C)ccc21. The number of imidazole rings is 1. The number of anilines is 1. The van der Waals surface area contributed by atoms with Crippen LogP contribution in [-0.2, 0) is 27.5 Å². The predicted octanol–water partition coefficient (Wildman–Crippen LogP) is 3.64. The van der Waals surface area contributed by atoms with Crippen LogP contribution in [0.5, 0.6) is 0 Å². The van der Waals surface area contributed by atoms with Crippen LogP contribution in [0.4, 0.5) is 18.9 Å². The molecule has 1 aromatic heterocycles. The van der Waals surface area contributed by atoms with Gasteiger partial charge in [-0.1, -0.05) is 18.2 Å². The van der Waals surface area contributed by atoms with E-state index in [1.165, 1.54) is 26.2 Å². The van der Waals surface area contributed by atoms with Gasteiger partial charge in [-0.15, -0.1) is 0 Å². The fourth-order valence-corrected chi connectivity index (χ4v) is 3.99. The number of hydrogen-bond acceptors (Lipinski definition) is 4. The number of carbonyl (C=O) groups excluding carboxylic acids is 1. The quantitative estimate of drug-likeness (QED) is 0.616. The van der Waals surface area contributed by atoms with Crippen LogP contribution in [0.25, 0.3) is 11.0 Å². The van der Waals surface area contributed by atoms with E-state index in [1.807, 2.05) is 6.07 Å². The second-order valence-corrected chi connectivity index (χ2v) is 9.29. The van der Waals surface area contributed by atoms with Gasteiger partial charge >= 0.3 is 6.18 Å². The Morgan fingerprint density at radius 2 is 1.84 bits per heavy atom. The zero-order valence-corrected chi connectivity index (χ0v) is 17.9. The molecule has 7 nitrogen and oxygen atoms in total. The van der Waals surface area contributed by atoms with Crippen molar-refractivity contribution in [3.05, 3.63) is 53.9 Å². The molecular weight excluding hydrogens is 433 g/mol. The summed E-state index contributed by atoms with van der Waals surface area (Å²) in [5, 5.41) is 2.68. The van der Waals surface area contributed by atoms with E-state index < -0.39 is 27.9 Å². The maximum atomic E-state index is 13.6. The number of benzene rings is 2. The van der Waals surface area contributed by atoms with E-state index in [0.29, 0.717) is 5.69 Å². The number of rotatable bonds is 6. The number of amides is 1. The summed E-state index contributed by atoms with van der Waals surface area (Å²) in [5.74, 6) is -1.64. The second-order valence-electron chi connectivity index (χ2n) is 7.14. The number of para-hydroxylation sites is 1. The Labute approximate surface area is 177 Å². The first kappa shape index (κ1) is 22.8. The van der Waals surface area contributed by atoms with Gasteiger partial charge in [-0.25, -0.2) is 17.7 Å². The molecule has 0 aliphatic carbocycles. The van der Waals surface area contributed by atoms with Gasteiger partial charge in [0, 0.05) is 32.7 Å². The number of sulfonamides is 1. The molecule has 0 aliphatic rings. The minimum Gasteiger partial charge on any atom is -0.326 e. The smallest absolute Gasteiger partial charge is 0.326 e. The lowest BCUT2D eigenvalue weighted by Gasteiger charge is -2.13. The number of alkyl halides is 3. The average Bonchev–Trinajstić information content (AvgIpc) is 3.06. The minimum absolute atomic E-state index is 0.0914. The van der Waals surface area contributed by atoms with E-state index in [1.54, 1.807) is 25.1 Å². The highest BCUT2D eigenvalue weighted by Crippen LogP contribution is 2.32. The summed E-state index contributed by atoms with van der Waals surface area (Å²) in [6.45, 7) is 1.53. The topological polar surface area (TPSA) is 84.3 Å². The fourth-order valence-electron chi connectivity index (χ4n) is 3.06. The third-order valence-corrected chi connectivity index (χ3v) is 6.54. The number of hydrogen-bond donors (Lipinski definition) is 1. The van der Waals surface area contributed by atoms with Gasteiger partial charge < -0.3 is 9.88 Å². The monoisotopic (exact) mass is 454 g/mol. The molecule has 0 bridgehead atoms. The van der Waals surface area contributed by atoms with E-state index in [9.17, 15) is 26.4 Å². The molecule has 0 unspecified atom stereocenters. The maximum Gasteiger partial charge on any atom is 0.449 e. The molecule has 2 aromatic carbocycles. The summed E-state index contributed by atoms with van der Waals surface area (Å²) in [5.41, 5.74) is 1.38. The molecule has 1 N–H and O–H groups in total. The molecule has 0 radical (unpaired) electrons. The van der Waals surface area contributed by atoms with Crippen LogP contribution in [0.15, 0.2) is 47.4 Å². The molecule has 1 amide bonds. The molecule has 31 heavy (non-hydrogen) atoms. The summed E-state index contributed by atoms with van der Waals surface area (Å²) in [6, 6.07) is 10.7. The second kappa shape index (κ2) is 8.31. The van der Waals surface area contributed by atoms with Crippen LogP contribution in [0.1, 0.15) is 17.8 Å². The third kappa shape index (κ3) is 4.72. The fraction of sp³-hybridized carbons (Fsp3) is 0.300. The summed E-state index contributed by atoms with van der Waals surface area (Å²) in [6.07, 6.45) is -4.99. The Balaban J connectivity index is 1.93. The first-order chi connectivity index (χ1) is 14.4. The van der Waals surface area contributed by atoms with Crippen molar-refractivity contribution in [1.82, 2.24) is 13.9 Å². The number of fused-ring (bicyclic) bond motifs is 1. The molecule has 0 spiro atoms. The molecule has 3 rings (SSSR count). The van der Waals surface area contributed by atoms with Gasteiger partial charge in [-0.3, -0.25) is 4.79 Å². The first-order valence-electron chi connectivity index (χ1n) is 9.27. The van der Waals surface area contributed by atoms with Crippen molar-refractivity contribution in [3.63, 3.8) is 0 Å². The van der Waals surface area contributed by atoms with Gasteiger partial charge in [-0.2, -0.15) is 13.2 Å². The lowest BCUT2D eigenvalue weighted by molar-refractivity contribution is -0.147. The highest BCUT2D eigenvalue weighted by molar-refractivity contribution is 7.89. The van der Waals surface area contributed by atoms with Crippen molar-refractivity contribution in [2.24, 2.45) is 0 Å². The molecule has 0 atom stereocenters. The van der Waals surface area contributed by atoms with Crippen molar-refractivity contribution >= 4 is 32.7 Å². The minimum atomic E-state index is -4.77. The largest absolute Gasteiger partial charge is 0.449 e. The van der Waals surface area contributed by atoms with Gasteiger partial charge in [0.2, 0.25) is 21.8 Å². The normalized spacial score (nSPS) is 12.5. The summed E-state index contributed by atoms with van der Waals surface area (Å²) >= 11 is 0. The van der Waals surface area contributed by atoms with E-state index in [-0.39, 0.29) is 28.9 Å². The average molecular weight is 454 g/mol. The maximum absolute atomic E-state index is 13.6. The van der Waals surface area contributed by atoms with Crippen molar-refractivity contribution in [3.8, 4) is 0 Å². The van der Waals surface area contributed by atoms with Crippen molar-refractivity contribution < 1.29 is 26.4 Å². The molecule has 11 heteroatoms.